The molecule has 6 nitrogen and oxygen atoms in total. The number of hydrazine groups is 1. The van der Waals surface area contributed by atoms with Crippen LogP contribution in [0, 0.1) is 5.41 Å². The Kier molecular flexibility index (Phi) is 3.27. The van der Waals surface area contributed by atoms with Crippen molar-refractivity contribution in [1.29, 1.82) is 0 Å². The smallest absolute Gasteiger partial charge is 0.287 e. The number of rotatable bonds is 2. The van der Waals surface area contributed by atoms with Crippen molar-refractivity contribution < 1.29 is 9.59 Å². The Bertz CT molecular complexity index is 1000. The van der Waals surface area contributed by atoms with Crippen LogP contribution in [-0.4, -0.2) is 39.9 Å². The van der Waals surface area contributed by atoms with Gasteiger partial charge in [-0.05, 0) is 48.8 Å². The third-order valence-corrected chi connectivity index (χ3v) is 6.92. The zero-order valence-electron chi connectivity index (χ0n) is 15.7. The maximum absolute atomic E-state index is 13.1. The summed E-state index contributed by atoms with van der Waals surface area (Å²) in [5, 5.41) is 4.06. The van der Waals surface area contributed by atoms with Gasteiger partial charge in [-0.25, -0.2) is 9.99 Å². The van der Waals surface area contributed by atoms with Gasteiger partial charge in [0, 0.05) is 24.2 Å². The van der Waals surface area contributed by atoms with E-state index in [0.29, 0.717) is 30.0 Å². The Hall–Kier alpha value is -2.73. The number of piperidine rings is 1. The van der Waals surface area contributed by atoms with E-state index in [0.717, 1.165) is 29.8 Å². The van der Waals surface area contributed by atoms with E-state index in [9.17, 15) is 9.59 Å². The van der Waals surface area contributed by atoms with E-state index in [1.165, 1.54) is 25.7 Å². The highest BCUT2D eigenvalue weighted by Gasteiger charge is 2.46. The summed E-state index contributed by atoms with van der Waals surface area (Å²) in [4.78, 5) is 32.1. The molecule has 6 rings (SSSR count). The summed E-state index contributed by atoms with van der Waals surface area (Å²) in [5.74, 6) is 0.481. The lowest BCUT2D eigenvalue weighted by Gasteiger charge is -2.37. The standard InChI is InChI=1S/C22H22N4O2/c27-20-17-4-2-1-3-15(17)13-25(20)18-6-5-16-14-26(21(28)19(16)23-18)24-11-9-22(7-8-22)10-12-24/h1-6H,7-14H2. The van der Waals surface area contributed by atoms with Crippen LogP contribution in [0.3, 0.4) is 0 Å². The van der Waals surface area contributed by atoms with Gasteiger partial charge in [-0.2, -0.15) is 0 Å². The van der Waals surface area contributed by atoms with Gasteiger partial charge in [0.15, 0.2) is 0 Å². The topological polar surface area (TPSA) is 56.8 Å². The summed E-state index contributed by atoms with van der Waals surface area (Å²) in [6, 6.07) is 11.5. The second kappa shape index (κ2) is 5.64. The average molecular weight is 374 g/mol. The van der Waals surface area contributed by atoms with Crippen LogP contribution in [0.25, 0.3) is 0 Å². The maximum Gasteiger partial charge on any atom is 0.287 e. The molecule has 1 spiro atoms. The van der Waals surface area contributed by atoms with Crippen LogP contribution < -0.4 is 4.90 Å². The van der Waals surface area contributed by atoms with Crippen LogP contribution in [-0.2, 0) is 13.1 Å². The number of anilines is 1. The minimum absolute atomic E-state index is 0.0345. The second-order valence-electron chi connectivity index (χ2n) is 8.54. The van der Waals surface area contributed by atoms with Crippen molar-refractivity contribution in [3.63, 3.8) is 0 Å². The Morgan fingerprint density at radius 2 is 1.61 bits per heavy atom. The summed E-state index contributed by atoms with van der Waals surface area (Å²) in [6.45, 7) is 2.99. The second-order valence-corrected chi connectivity index (χ2v) is 8.54. The molecule has 0 atom stereocenters. The summed E-state index contributed by atoms with van der Waals surface area (Å²) in [7, 11) is 0. The molecular weight excluding hydrogens is 352 g/mol. The lowest BCUT2D eigenvalue weighted by molar-refractivity contribution is -0.0324. The number of fused-ring (bicyclic) bond motifs is 2. The SMILES string of the molecule is O=C1c2ccccc2CN1c1ccc2c(n1)C(=O)N(N1CCC3(CC1)CC3)C2. The monoisotopic (exact) mass is 374 g/mol. The molecule has 28 heavy (non-hydrogen) atoms. The fourth-order valence-corrected chi connectivity index (χ4v) is 4.85. The van der Waals surface area contributed by atoms with E-state index in [2.05, 4.69) is 9.99 Å². The van der Waals surface area contributed by atoms with Gasteiger partial charge in [-0.1, -0.05) is 24.3 Å². The number of amides is 2. The van der Waals surface area contributed by atoms with E-state index in [4.69, 9.17) is 0 Å². The highest BCUT2D eigenvalue weighted by atomic mass is 16.2. The third kappa shape index (κ3) is 2.34. The highest BCUT2D eigenvalue weighted by molar-refractivity contribution is 6.09. The lowest BCUT2D eigenvalue weighted by Crippen LogP contribution is -2.47. The fraction of sp³-hybridized carbons (Fsp3) is 0.409. The zero-order chi connectivity index (χ0) is 18.9. The fourth-order valence-electron chi connectivity index (χ4n) is 4.85. The number of carbonyl (C=O) groups is 2. The van der Waals surface area contributed by atoms with E-state index >= 15 is 0 Å². The van der Waals surface area contributed by atoms with Crippen LogP contribution in [0.4, 0.5) is 5.82 Å². The molecule has 2 aromatic rings. The molecule has 0 unspecified atom stereocenters. The zero-order valence-corrected chi connectivity index (χ0v) is 15.7. The molecule has 4 aliphatic rings. The molecule has 3 aliphatic heterocycles. The molecular formula is C22H22N4O2. The number of pyridine rings is 1. The van der Waals surface area contributed by atoms with Gasteiger partial charge in [-0.3, -0.25) is 19.5 Å². The number of aromatic nitrogens is 1. The molecule has 1 aliphatic carbocycles. The molecule has 142 valence electrons. The molecule has 1 saturated carbocycles. The van der Waals surface area contributed by atoms with E-state index in [1.54, 1.807) is 4.90 Å². The van der Waals surface area contributed by atoms with Crippen molar-refractivity contribution >= 4 is 17.6 Å². The normalized spacial score (nSPS) is 22.7. The van der Waals surface area contributed by atoms with E-state index < -0.39 is 0 Å². The first kappa shape index (κ1) is 16.2. The van der Waals surface area contributed by atoms with Crippen molar-refractivity contribution in [3.8, 4) is 0 Å². The van der Waals surface area contributed by atoms with Gasteiger partial charge in [0.25, 0.3) is 11.8 Å². The first-order valence-electron chi connectivity index (χ1n) is 10.1. The Labute approximate surface area is 163 Å². The molecule has 4 heterocycles. The average Bonchev–Trinajstić information content (AvgIpc) is 3.28. The van der Waals surface area contributed by atoms with E-state index in [1.807, 2.05) is 41.4 Å². The number of hydrogen-bond acceptors (Lipinski definition) is 4. The molecule has 1 aromatic heterocycles. The van der Waals surface area contributed by atoms with Crippen molar-refractivity contribution in [1.82, 2.24) is 15.0 Å². The van der Waals surface area contributed by atoms with Gasteiger partial charge in [-0.15, -0.1) is 0 Å². The van der Waals surface area contributed by atoms with Crippen LogP contribution in [0.1, 0.15) is 57.7 Å². The Morgan fingerprint density at radius 1 is 0.821 bits per heavy atom. The van der Waals surface area contributed by atoms with Crippen LogP contribution in [0.2, 0.25) is 0 Å². The molecule has 0 radical (unpaired) electrons. The molecule has 0 N–H and O–H groups in total. The number of hydrogen-bond donors (Lipinski definition) is 0. The molecule has 2 amide bonds. The predicted octanol–water partition coefficient (Wildman–Crippen LogP) is 2.99. The first-order chi connectivity index (χ1) is 13.6. The van der Waals surface area contributed by atoms with Crippen LogP contribution in [0.5, 0.6) is 0 Å². The molecule has 6 heteroatoms. The summed E-state index contributed by atoms with van der Waals surface area (Å²) >= 11 is 0. The first-order valence-corrected chi connectivity index (χ1v) is 10.1. The Balaban J connectivity index is 1.25. The minimum Gasteiger partial charge on any atom is -0.288 e. The summed E-state index contributed by atoms with van der Waals surface area (Å²) in [5.41, 5.74) is 3.76. The summed E-state index contributed by atoms with van der Waals surface area (Å²) in [6.07, 6.45) is 5.08. The quantitative estimate of drug-likeness (QED) is 0.811. The highest BCUT2D eigenvalue weighted by Crippen LogP contribution is 2.53. The number of benzene rings is 1. The maximum atomic E-state index is 13.1. The van der Waals surface area contributed by atoms with Crippen LogP contribution >= 0.6 is 0 Å². The van der Waals surface area contributed by atoms with Crippen molar-refractivity contribution in [2.45, 2.75) is 38.8 Å². The van der Waals surface area contributed by atoms with Gasteiger partial charge in [0.2, 0.25) is 0 Å². The van der Waals surface area contributed by atoms with Crippen molar-refractivity contribution in [2.75, 3.05) is 18.0 Å². The van der Waals surface area contributed by atoms with Crippen molar-refractivity contribution in [3.05, 3.63) is 58.8 Å². The molecule has 1 aromatic carbocycles. The van der Waals surface area contributed by atoms with Gasteiger partial charge in [0.05, 0.1) is 13.1 Å². The van der Waals surface area contributed by atoms with E-state index in [-0.39, 0.29) is 11.8 Å². The largest absolute Gasteiger partial charge is 0.288 e. The van der Waals surface area contributed by atoms with Gasteiger partial charge < -0.3 is 0 Å². The molecule has 1 saturated heterocycles. The minimum atomic E-state index is -0.0453. The predicted molar refractivity (Wildman–Crippen MR) is 104 cm³/mol. The summed E-state index contributed by atoms with van der Waals surface area (Å²) < 4.78 is 0. The van der Waals surface area contributed by atoms with Crippen molar-refractivity contribution in [2.24, 2.45) is 5.41 Å². The molecule has 0 bridgehead atoms. The molecule has 2 fully saturated rings. The van der Waals surface area contributed by atoms with Crippen LogP contribution in [0.15, 0.2) is 36.4 Å². The lowest BCUT2D eigenvalue weighted by atomic mass is 9.94. The third-order valence-electron chi connectivity index (χ3n) is 6.92. The van der Waals surface area contributed by atoms with Gasteiger partial charge in [0.1, 0.15) is 11.5 Å². The number of carbonyl (C=O) groups excluding carboxylic acids is 2. The Morgan fingerprint density at radius 3 is 2.36 bits per heavy atom. The number of nitrogens with zero attached hydrogens (tertiary/aromatic N) is 4. The van der Waals surface area contributed by atoms with Gasteiger partial charge >= 0.3 is 0 Å².